The molecule has 2 atom stereocenters. The lowest BCUT2D eigenvalue weighted by molar-refractivity contribution is 0.215. The number of piperidine rings is 1. The van der Waals surface area contributed by atoms with Crippen molar-refractivity contribution in [3.8, 4) is 5.75 Å². The third kappa shape index (κ3) is 5.25. The summed E-state index contributed by atoms with van der Waals surface area (Å²) in [5, 5.41) is 1.90. The molecule has 0 aromatic heterocycles. The van der Waals surface area contributed by atoms with E-state index >= 15 is 0 Å². The van der Waals surface area contributed by atoms with Crippen LogP contribution in [0.25, 0.3) is 0 Å². The number of rotatable bonds is 5. The molecule has 31 heavy (non-hydrogen) atoms. The number of anilines is 1. The predicted molar refractivity (Wildman–Crippen MR) is 123 cm³/mol. The zero-order valence-corrected chi connectivity index (χ0v) is 18.8. The molecule has 1 aliphatic rings. The van der Waals surface area contributed by atoms with Crippen LogP contribution < -0.4 is 9.64 Å². The predicted octanol–water partition coefficient (Wildman–Crippen LogP) is 7.96. The van der Waals surface area contributed by atoms with E-state index in [1.165, 1.54) is 6.07 Å². The molecule has 0 aliphatic carbocycles. The number of halogens is 5. The molecular weight excluding hydrogens is 463 g/mol. The lowest BCUT2D eigenvalue weighted by atomic mass is 9.88. The van der Waals surface area contributed by atoms with Crippen LogP contribution in [-0.2, 0) is 0 Å². The van der Waals surface area contributed by atoms with E-state index in [0.717, 1.165) is 42.8 Å². The summed E-state index contributed by atoms with van der Waals surface area (Å²) in [4.78, 5) is 2.29. The highest BCUT2D eigenvalue weighted by molar-refractivity contribution is 6.35. The standard InChI is InChI=1S/C24H20Cl3F2NO/c25-16-2-5-18(6-3-16)30-13-15(14-31-19-7-9-22(28)23(29)12-19)1-10-24(30)20-8-4-17(26)11-21(20)27/h2-9,11-12,15,24H,1,10,13-14H2. The molecule has 1 fully saturated rings. The molecule has 2 nitrogen and oxygen atoms in total. The van der Waals surface area contributed by atoms with Crippen molar-refractivity contribution in [3.05, 3.63) is 92.9 Å². The van der Waals surface area contributed by atoms with Crippen LogP contribution >= 0.6 is 34.8 Å². The first kappa shape index (κ1) is 22.2. The van der Waals surface area contributed by atoms with Gasteiger partial charge in [-0.2, -0.15) is 0 Å². The van der Waals surface area contributed by atoms with Gasteiger partial charge in [-0.05, 0) is 66.9 Å². The lowest BCUT2D eigenvalue weighted by Crippen LogP contribution is -2.40. The van der Waals surface area contributed by atoms with Crippen molar-refractivity contribution < 1.29 is 13.5 Å². The van der Waals surface area contributed by atoms with Gasteiger partial charge in [0.05, 0.1) is 12.6 Å². The highest BCUT2D eigenvalue weighted by Gasteiger charge is 2.31. The fourth-order valence-electron chi connectivity index (χ4n) is 3.98. The minimum absolute atomic E-state index is 0.0745. The Balaban J connectivity index is 1.55. The van der Waals surface area contributed by atoms with Gasteiger partial charge >= 0.3 is 0 Å². The van der Waals surface area contributed by atoms with Gasteiger partial charge in [0.2, 0.25) is 0 Å². The van der Waals surface area contributed by atoms with Crippen molar-refractivity contribution in [2.75, 3.05) is 18.1 Å². The van der Waals surface area contributed by atoms with Gasteiger partial charge in [-0.15, -0.1) is 0 Å². The van der Waals surface area contributed by atoms with Crippen molar-refractivity contribution >= 4 is 40.5 Å². The third-order valence-electron chi connectivity index (χ3n) is 5.54. The average Bonchev–Trinajstić information content (AvgIpc) is 2.75. The molecule has 0 saturated carbocycles. The van der Waals surface area contributed by atoms with E-state index in [4.69, 9.17) is 39.5 Å². The summed E-state index contributed by atoms with van der Waals surface area (Å²) >= 11 is 18.7. The molecule has 1 saturated heterocycles. The summed E-state index contributed by atoms with van der Waals surface area (Å²) in [5.41, 5.74) is 2.04. The first-order chi connectivity index (χ1) is 14.9. The minimum atomic E-state index is -0.915. The van der Waals surface area contributed by atoms with Gasteiger partial charge in [-0.3, -0.25) is 0 Å². The van der Waals surface area contributed by atoms with E-state index in [-0.39, 0.29) is 12.0 Å². The fraction of sp³-hybridized carbons (Fsp3) is 0.250. The van der Waals surface area contributed by atoms with Crippen molar-refractivity contribution in [3.63, 3.8) is 0 Å². The topological polar surface area (TPSA) is 12.5 Å². The highest BCUT2D eigenvalue weighted by atomic mass is 35.5. The van der Waals surface area contributed by atoms with E-state index in [9.17, 15) is 8.78 Å². The molecule has 1 aliphatic heterocycles. The largest absolute Gasteiger partial charge is 0.493 e. The minimum Gasteiger partial charge on any atom is -0.493 e. The van der Waals surface area contributed by atoms with Crippen LogP contribution in [0.5, 0.6) is 5.75 Å². The smallest absolute Gasteiger partial charge is 0.162 e. The van der Waals surface area contributed by atoms with Gasteiger partial charge < -0.3 is 9.64 Å². The van der Waals surface area contributed by atoms with Gasteiger partial charge in [-0.25, -0.2) is 8.78 Å². The van der Waals surface area contributed by atoms with Crippen molar-refractivity contribution in [1.29, 1.82) is 0 Å². The number of benzene rings is 3. The molecule has 0 N–H and O–H groups in total. The second-order valence-electron chi connectivity index (χ2n) is 7.64. The van der Waals surface area contributed by atoms with Gasteiger partial charge in [-0.1, -0.05) is 40.9 Å². The molecule has 162 valence electrons. The maximum atomic E-state index is 13.5. The molecular formula is C24H20Cl3F2NO. The molecule has 0 radical (unpaired) electrons. The van der Waals surface area contributed by atoms with Crippen LogP contribution in [0.4, 0.5) is 14.5 Å². The Labute approximate surface area is 195 Å². The van der Waals surface area contributed by atoms with Gasteiger partial charge in [0, 0.05) is 39.3 Å². The molecule has 0 bridgehead atoms. The molecule has 0 spiro atoms. The summed E-state index contributed by atoms with van der Waals surface area (Å²) in [6.45, 7) is 1.12. The highest BCUT2D eigenvalue weighted by Crippen LogP contribution is 2.40. The van der Waals surface area contributed by atoms with Crippen molar-refractivity contribution in [2.45, 2.75) is 18.9 Å². The summed E-state index contributed by atoms with van der Waals surface area (Å²) in [6, 6.07) is 16.9. The lowest BCUT2D eigenvalue weighted by Gasteiger charge is -2.42. The zero-order valence-electron chi connectivity index (χ0n) is 16.5. The van der Waals surface area contributed by atoms with E-state index < -0.39 is 11.6 Å². The normalized spacial score (nSPS) is 18.8. The number of nitrogens with zero attached hydrogens (tertiary/aromatic N) is 1. The van der Waals surface area contributed by atoms with Crippen molar-refractivity contribution in [2.24, 2.45) is 5.92 Å². The third-order valence-corrected chi connectivity index (χ3v) is 6.35. The fourth-order valence-corrected chi connectivity index (χ4v) is 4.64. The monoisotopic (exact) mass is 481 g/mol. The maximum absolute atomic E-state index is 13.5. The second-order valence-corrected chi connectivity index (χ2v) is 8.92. The molecule has 3 aromatic carbocycles. The first-order valence-corrected chi connectivity index (χ1v) is 11.1. The number of hydrogen-bond donors (Lipinski definition) is 0. The van der Waals surface area contributed by atoms with Crippen LogP contribution in [0.3, 0.4) is 0 Å². The molecule has 3 aromatic rings. The summed E-state index contributed by atoms with van der Waals surface area (Å²) < 4.78 is 32.4. The van der Waals surface area contributed by atoms with E-state index in [1.807, 2.05) is 36.4 Å². The summed E-state index contributed by atoms with van der Waals surface area (Å²) in [7, 11) is 0. The number of ether oxygens (including phenoxy) is 1. The molecule has 4 rings (SSSR count). The average molecular weight is 483 g/mol. The van der Waals surface area contributed by atoms with Gasteiger partial charge in [0.25, 0.3) is 0 Å². The SMILES string of the molecule is Fc1ccc(OCC2CCC(c3ccc(Cl)cc3Cl)N(c3ccc(Cl)cc3)C2)cc1F. The van der Waals surface area contributed by atoms with E-state index in [2.05, 4.69) is 4.90 Å². The van der Waals surface area contributed by atoms with Crippen LogP contribution in [0.1, 0.15) is 24.4 Å². The Morgan fingerprint density at radius 3 is 2.29 bits per heavy atom. The van der Waals surface area contributed by atoms with E-state index in [0.29, 0.717) is 27.4 Å². The zero-order chi connectivity index (χ0) is 22.0. The molecule has 0 amide bonds. The summed E-state index contributed by atoms with van der Waals surface area (Å²) in [5.74, 6) is -1.28. The Hall–Kier alpha value is -2.01. The summed E-state index contributed by atoms with van der Waals surface area (Å²) in [6.07, 6.45) is 1.76. The maximum Gasteiger partial charge on any atom is 0.162 e. The Morgan fingerprint density at radius 1 is 0.839 bits per heavy atom. The van der Waals surface area contributed by atoms with Gasteiger partial charge in [0.15, 0.2) is 11.6 Å². The Bertz CT molecular complexity index is 1060. The Kier molecular flexibility index (Phi) is 6.90. The van der Waals surface area contributed by atoms with Crippen molar-refractivity contribution in [1.82, 2.24) is 0 Å². The Morgan fingerprint density at radius 2 is 1.58 bits per heavy atom. The number of hydrogen-bond acceptors (Lipinski definition) is 2. The second kappa shape index (κ2) is 9.64. The molecule has 2 unspecified atom stereocenters. The van der Waals surface area contributed by atoms with E-state index in [1.54, 1.807) is 6.07 Å². The van der Waals surface area contributed by atoms with Crippen LogP contribution in [-0.4, -0.2) is 13.2 Å². The first-order valence-electron chi connectivity index (χ1n) is 9.95. The molecule has 1 heterocycles. The van der Waals surface area contributed by atoms with Crippen LogP contribution in [0.15, 0.2) is 60.7 Å². The van der Waals surface area contributed by atoms with Crippen LogP contribution in [0.2, 0.25) is 15.1 Å². The van der Waals surface area contributed by atoms with Gasteiger partial charge in [0.1, 0.15) is 5.75 Å². The molecule has 7 heteroatoms. The quantitative estimate of drug-likeness (QED) is 0.366. The van der Waals surface area contributed by atoms with Crippen LogP contribution in [0, 0.1) is 17.6 Å².